The second-order valence-corrected chi connectivity index (χ2v) is 5.57. The molecule has 1 aromatic carbocycles. The second-order valence-electron chi connectivity index (χ2n) is 5.13. The van der Waals surface area contributed by atoms with E-state index in [2.05, 4.69) is 34.7 Å². The number of nitriles is 1. The zero-order chi connectivity index (χ0) is 13.4. The van der Waals surface area contributed by atoms with Crippen LogP contribution in [0.15, 0.2) is 18.2 Å². The Bertz CT molecular complexity index is 666. The Morgan fingerprint density at radius 2 is 2.26 bits per heavy atom. The van der Waals surface area contributed by atoms with Crippen LogP contribution in [0.4, 0.5) is 0 Å². The lowest BCUT2D eigenvalue weighted by molar-refractivity contribution is 0.309. The van der Waals surface area contributed by atoms with Gasteiger partial charge in [0.25, 0.3) is 0 Å². The zero-order valence-corrected chi connectivity index (χ0v) is 11.7. The SMILES string of the molecule is CN1CCc2c(c3cc(Cl)ccc3n2CCC#N)C1. The van der Waals surface area contributed by atoms with E-state index in [1.807, 2.05) is 6.07 Å². The van der Waals surface area contributed by atoms with E-state index in [0.717, 1.165) is 31.1 Å². The van der Waals surface area contributed by atoms with Gasteiger partial charge < -0.3 is 9.47 Å². The lowest BCUT2D eigenvalue weighted by atomic mass is 10.1. The van der Waals surface area contributed by atoms with Gasteiger partial charge in [0.15, 0.2) is 0 Å². The summed E-state index contributed by atoms with van der Waals surface area (Å²) in [6.07, 6.45) is 1.60. The minimum absolute atomic E-state index is 0.550. The molecule has 0 unspecified atom stereocenters. The van der Waals surface area contributed by atoms with Gasteiger partial charge in [-0.3, -0.25) is 0 Å². The molecule has 1 aliphatic rings. The molecule has 0 atom stereocenters. The Morgan fingerprint density at radius 3 is 3.05 bits per heavy atom. The lowest BCUT2D eigenvalue weighted by Crippen LogP contribution is -2.27. The standard InChI is InChI=1S/C15H16ClN3/c1-18-8-5-15-13(10-18)12-9-11(16)3-4-14(12)19(15)7-2-6-17/h3-4,9H,2,5,7-8,10H2,1H3. The highest BCUT2D eigenvalue weighted by Crippen LogP contribution is 2.32. The van der Waals surface area contributed by atoms with Gasteiger partial charge >= 0.3 is 0 Å². The van der Waals surface area contributed by atoms with Crippen LogP contribution in [0, 0.1) is 11.3 Å². The van der Waals surface area contributed by atoms with Gasteiger partial charge in [0.2, 0.25) is 0 Å². The van der Waals surface area contributed by atoms with E-state index in [1.54, 1.807) is 0 Å². The van der Waals surface area contributed by atoms with E-state index >= 15 is 0 Å². The Kier molecular flexibility index (Phi) is 3.22. The van der Waals surface area contributed by atoms with E-state index < -0.39 is 0 Å². The summed E-state index contributed by atoms with van der Waals surface area (Å²) < 4.78 is 2.30. The average molecular weight is 274 g/mol. The lowest BCUT2D eigenvalue weighted by Gasteiger charge is -2.24. The van der Waals surface area contributed by atoms with Crippen LogP contribution in [-0.2, 0) is 19.5 Å². The number of rotatable bonds is 2. The predicted octanol–water partition coefficient (Wildman–Crippen LogP) is 3.20. The summed E-state index contributed by atoms with van der Waals surface area (Å²) in [5, 5.41) is 10.9. The topological polar surface area (TPSA) is 32.0 Å². The smallest absolute Gasteiger partial charge is 0.0640 e. The highest BCUT2D eigenvalue weighted by Gasteiger charge is 2.22. The molecule has 3 rings (SSSR count). The van der Waals surface area contributed by atoms with Crippen LogP contribution in [0.3, 0.4) is 0 Å². The summed E-state index contributed by atoms with van der Waals surface area (Å²) in [5.74, 6) is 0. The largest absolute Gasteiger partial charge is 0.343 e. The summed E-state index contributed by atoms with van der Waals surface area (Å²) in [6, 6.07) is 8.30. The fraction of sp³-hybridized carbons (Fsp3) is 0.400. The van der Waals surface area contributed by atoms with E-state index in [1.165, 1.54) is 22.2 Å². The highest BCUT2D eigenvalue weighted by atomic mass is 35.5. The van der Waals surface area contributed by atoms with Crippen molar-refractivity contribution in [3.05, 3.63) is 34.5 Å². The van der Waals surface area contributed by atoms with Crippen molar-refractivity contribution in [1.29, 1.82) is 5.26 Å². The first-order chi connectivity index (χ1) is 9.20. The Morgan fingerprint density at radius 1 is 1.42 bits per heavy atom. The minimum atomic E-state index is 0.550. The molecule has 3 nitrogen and oxygen atoms in total. The molecule has 4 heteroatoms. The molecule has 2 aromatic rings. The van der Waals surface area contributed by atoms with Gasteiger partial charge in [-0.1, -0.05) is 11.6 Å². The maximum atomic E-state index is 8.83. The van der Waals surface area contributed by atoms with Crippen molar-refractivity contribution < 1.29 is 0 Å². The number of aryl methyl sites for hydroxylation is 1. The first-order valence-electron chi connectivity index (χ1n) is 6.55. The van der Waals surface area contributed by atoms with Crippen LogP contribution in [0.1, 0.15) is 17.7 Å². The molecule has 0 bridgehead atoms. The van der Waals surface area contributed by atoms with Gasteiger partial charge in [-0.05, 0) is 30.8 Å². The third kappa shape index (κ3) is 2.11. The normalized spacial score (nSPS) is 15.4. The molecule has 98 valence electrons. The number of hydrogen-bond donors (Lipinski definition) is 0. The predicted molar refractivity (Wildman–Crippen MR) is 77.2 cm³/mol. The van der Waals surface area contributed by atoms with Crippen LogP contribution >= 0.6 is 11.6 Å². The molecular formula is C15H16ClN3. The molecular weight excluding hydrogens is 258 g/mol. The van der Waals surface area contributed by atoms with Crippen molar-refractivity contribution in [3.8, 4) is 6.07 Å². The third-order valence-corrected chi connectivity index (χ3v) is 4.09. The Labute approximate surface area is 118 Å². The Hall–Kier alpha value is -1.50. The van der Waals surface area contributed by atoms with Crippen molar-refractivity contribution >= 4 is 22.5 Å². The van der Waals surface area contributed by atoms with Crippen molar-refractivity contribution in [1.82, 2.24) is 9.47 Å². The van der Waals surface area contributed by atoms with Crippen LogP contribution in [0.25, 0.3) is 10.9 Å². The number of aromatic nitrogens is 1. The molecule has 0 amide bonds. The molecule has 0 saturated carbocycles. The number of benzene rings is 1. The number of likely N-dealkylation sites (N-methyl/N-ethyl adjacent to an activating group) is 1. The Balaban J connectivity index is 2.21. The molecule has 0 saturated heterocycles. The number of hydrogen-bond acceptors (Lipinski definition) is 2. The van der Waals surface area contributed by atoms with Gasteiger partial charge in [-0.15, -0.1) is 0 Å². The van der Waals surface area contributed by atoms with Crippen molar-refractivity contribution in [2.75, 3.05) is 13.6 Å². The summed E-state index contributed by atoms with van der Waals surface area (Å²) in [7, 11) is 2.14. The number of halogens is 1. The van der Waals surface area contributed by atoms with E-state index in [9.17, 15) is 0 Å². The van der Waals surface area contributed by atoms with Crippen LogP contribution in [-0.4, -0.2) is 23.1 Å². The maximum Gasteiger partial charge on any atom is 0.0640 e. The van der Waals surface area contributed by atoms with Gasteiger partial charge in [0, 0.05) is 47.7 Å². The van der Waals surface area contributed by atoms with E-state index in [4.69, 9.17) is 16.9 Å². The zero-order valence-electron chi connectivity index (χ0n) is 11.0. The molecule has 1 aliphatic heterocycles. The molecule has 0 fully saturated rings. The highest BCUT2D eigenvalue weighted by molar-refractivity contribution is 6.31. The fourth-order valence-electron chi connectivity index (χ4n) is 2.97. The molecule has 0 radical (unpaired) electrons. The maximum absolute atomic E-state index is 8.83. The molecule has 0 N–H and O–H groups in total. The molecule has 0 aliphatic carbocycles. The average Bonchev–Trinajstić information content (AvgIpc) is 2.69. The van der Waals surface area contributed by atoms with Crippen LogP contribution < -0.4 is 0 Å². The molecule has 19 heavy (non-hydrogen) atoms. The van der Waals surface area contributed by atoms with Gasteiger partial charge in [-0.25, -0.2) is 0 Å². The van der Waals surface area contributed by atoms with Crippen LogP contribution in [0.2, 0.25) is 5.02 Å². The monoisotopic (exact) mass is 273 g/mol. The van der Waals surface area contributed by atoms with Crippen molar-refractivity contribution in [3.63, 3.8) is 0 Å². The summed E-state index contributed by atoms with van der Waals surface area (Å²) in [4.78, 5) is 2.33. The minimum Gasteiger partial charge on any atom is -0.343 e. The van der Waals surface area contributed by atoms with Crippen LogP contribution in [0.5, 0.6) is 0 Å². The van der Waals surface area contributed by atoms with Crippen molar-refractivity contribution in [2.24, 2.45) is 0 Å². The molecule has 2 heterocycles. The fourth-order valence-corrected chi connectivity index (χ4v) is 3.15. The van der Waals surface area contributed by atoms with Gasteiger partial charge in [0.1, 0.15) is 0 Å². The molecule has 0 spiro atoms. The van der Waals surface area contributed by atoms with Gasteiger partial charge in [0.05, 0.1) is 12.5 Å². The summed E-state index contributed by atoms with van der Waals surface area (Å²) in [6.45, 7) is 2.81. The first kappa shape index (κ1) is 12.5. The quantitative estimate of drug-likeness (QED) is 0.842. The summed E-state index contributed by atoms with van der Waals surface area (Å²) in [5.41, 5.74) is 3.97. The second kappa shape index (κ2) is 4.88. The third-order valence-electron chi connectivity index (χ3n) is 3.85. The van der Waals surface area contributed by atoms with E-state index in [0.29, 0.717) is 6.42 Å². The van der Waals surface area contributed by atoms with Gasteiger partial charge in [-0.2, -0.15) is 5.26 Å². The summed E-state index contributed by atoms with van der Waals surface area (Å²) >= 11 is 6.14. The van der Waals surface area contributed by atoms with E-state index in [-0.39, 0.29) is 0 Å². The molecule has 1 aromatic heterocycles. The number of nitrogens with zero attached hydrogens (tertiary/aromatic N) is 3. The number of fused-ring (bicyclic) bond motifs is 3. The first-order valence-corrected chi connectivity index (χ1v) is 6.93. The van der Waals surface area contributed by atoms with Crippen molar-refractivity contribution in [2.45, 2.75) is 25.9 Å².